The van der Waals surface area contributed by atoms with Gasteiger partial charge in [0.15, 0.2) is 0 Å². The van der Waals surface area contributed by atoms with Crippen molar-refractivity contribution in [1.29, 1.82) is 0 Å². The van der Waals surface area contributed by atoms with Crippen LogP contribution in [-0.4, -0.2) is 87.7 Å². The highest BCUT2D eigenvalue weighted by atomic mass is 19.4. The van der Waals surface area contributed by atoms with E-state index in [1.807, 2.05) is 6.07 Å². The van der Waals surface area contributed by atoms with Gasteiger partial charge in [0, 0.05) is 44.6 Å². The molecule has 0 saturated carbocycles. The zero-order valence-corrected chi connectivity index (χ0v) is 17.3. The highest BCUT2D eigenvalue weighted by Gasteiger charge is 2.38. The largest absolute Gasteiger partial charge is 0.490 e. The summed E-state index contributed by atoms with van der Waals surface area (Å²) in [5, 5.41) is 14.2. The number of aromatic nitrogens is 4. The Labute approximate surface area is 187 Å². The van der Waals surface area contributed by atoms with Crippen LogP contribution in [0.1, 0.15) is 0 Å². The summed E-state index contributed by atoms with van der Waals surface area (Å²) in [5.74, 6) is -3.10. The molecule has 1 aliphatic rings. The number of carboxylic acid groups (broad SMARTS) is 2. The van der Waals surface area contributed by atoms with Crippen molar-refractivity contribution in [3.8, 4) is 5.88 Å². The van der Waals surface area contributed by atoms with Crippen molar-refractivity contribution in [3.05, 3.63) is 31.0 Å². The summed E-state index contributed by atoms with van der Waals surface area (Å²) in [6.07, 6.45) is -3.43. The van der Waals surface area contributed by atoms with Gasteiger partial charge in [0.05, 0.1) is 13.3 Å². The lowest BCUT2D eigenvalue weighted by Gasteiger charge is -2.35. The monoisotopic (exact) mass is 500 g/mol. The summed E-state index contributed by atoms with van der Waals surface area (Å²) in [4.78, 5) is 39.0. The van der Waals surface area contributed by atoms with Gasteiger partial charge in [-0.25, -0.2) is 24.5 Å². The molecule has 2 aromatic heterocycles. The number of halogens is 6. The van der Waals surface area contributed by atoms with E-state index in [9.17, 15) is 26.3 Å². The molecule has 0 unspecified atom stereocenters. The Hall–Kier alpha value is -3.92. The molecule has 0 radical (unpaired) electrons. The molecule has 11 nitrogen and oxygen atoms in total. The molecule has 2 aromatic rings. The van der Waals surface area contributed by atoms with E-state index in [0.717, 1.165) is 37.8 Å². The van der Waals surface area contributed by atoms with Gasteiger partial charge in [-0.2, -0.15) is 26.3 Å². The molecule has 2 N–H and O–H groups in total. The smallest absolute Gasteiger partial charge is 0.481 e. The standard InChI is InChI=1S/C13H16N6O.2C2HF3O2/c1-20-13-8-11(16-10-17-13)18-4-6-19(7-5-18)12-9-14-2-3-15-12;2*3-2(4,5)1(6)7/h2-3,8-10H,4-7H2,1H3;2*(H,6,7). The van der Waals surface area contributed by atoms with Crippen molar-refractivity contribution in [2.45, 2.75) is 12.4 Å². The fraction of sp³-hybridized carbons (Fsp3) is 0.412. The highest BCUT2D eigenvalue weighted by Crippen LogP contribution is 2.19. The molecule has 0 aromatic carbocycles. The van der Waals surface area contributed by atoms with Crippen LogP contribution in [0.4, 0.5) is 38.0 Å². The average molecular weight is 500 g/mol. The topological polar surface area (TPSA) is 142 Å². The minimum absolute atomic E-state index is 0.589. The van der Waals surface area contributed by atoms with E-state index in [0.29, 0.717) is 5.88 Å². The SMILES string of the molecule is COc1cc(N2CCN(c3cnccn3)CC2)ncn1.O=C(O)C(F)(F)F.O=C(O)C(F)(F)F. The van der Waals surface area contributed by atoms with Crippen molar-refractivity contribution in [2.24, 2.45) is 0 Å². The lowest BCUT2D eigenvalue weighted by Crippen LogP contribution is -2.47. The Kier molecular flexibility index (Phi) is 10.2. The van der Waals surface area contributed by atoms with E-state index in [-0.39, 0.29) is 0 Å². The van der Waals surface area contributed by atoms with Crippen LogP contribution in [0.5, 0.6) is 5.88 Å². The van der Waals surface area contributed by atoms with Crippen LogP contribution >= 0.6 is 0 Å². The first-order valence-corrected chi connectivity index (χ1v) is 8.98. The van der Waals surface area contributed by atoms with Gasteiger partial charge in [-0.05, 0) is 0 Å². The highest BCUT2D eigenvalue weighted by molar-refractivity contribution is 5.73. The molecular weight excluding hydrogens is 482 g/mol. The molecule has 0 spiro atoms. The molecular formula is C17H18F6N6O5. The fourth-order valence-electron chi connectivity index (χ4n) is 2.23. The second kappa shape index (κ2) is 12.4. The minimum Gasteiger partial charge on any atom is -0.481 e. The van der Waals surface area contributed by atoms with Crippen LogP contribution in [0.25, 0.3) is 0 Å². The molecule has 1 aliphatic heterocycles. The molecule has 3 rings (SSSR count). The summed E-state index contributed by atoms with van der Waals surface area (Å²) in [6.45, 7) is 3.56. The molecule has 0 aliphatic carbocycles. The zero-order valence-electron chi connectivity index (χ0n) is 17.3. The number of nitrogens with zero attached hydrogens (tertiary/aromatic N) is 6. The third-order valence-corrected chi connectivity index (χ3v) is 3.80. The summed E-state index contributed by atoms with van der Waals surface area (Å²) in [7, 11) is 1.61. The summed E-state index contributed by atoms with van der Waals surface area (Å²) >= 11 is 0. The second-order valence-electron chi connectivity index (χ2n) is 6.06. The van der Waals surface area contributed by atoms with Gasteiger partial charge in [-0.3, -0.25) is 4.98 Å². The molecule has 1 fully saturated rings. The third-order valence-electron chi connectivity index (χ3n) is 3.80. The Balaban J connectivity index is 0.000000343. The van der Waals surface area contributed by atoms with Gasteiger partial charge in [-0.15, -0.1) is 0 Å². The number of carbonyl (C=O) groups is 2. The van der Waals surface area contributed by atoms with Crippen molar-refractivity contribution in [1.82, 2.24) is 19.9 Å². The van der Waals surface area contributed by atoms with E-state index < -0.39 is 24.3 Å². The van der Waals surface area contributed by atoms with Gasteiger partial charge in [-0.1, -0.05) is 0 Å². The van der Waals surface area contributed by atoms with Crippen LogP contribution < -0.4 is 14.5 Å². The zero-order chi connectivity index (χ0) is 25.9. The van der Waals surface area contributed by atoms with Crippen molar-refractivity contribution < 1.29 is 50.9 Å². The van der Waals surface area contributed by atoms with E-state index in [2.05, 4.69) is 29.7 Å². The number of piperazine rings is 1. The molecule has 17 heteroatoms. The number of hydrogen-bond acceptors (Lipinski definition) is 9. The molecule has 0 amide bonds. The Morgan fingerprint density at radius 2 is 1.32 bits per heavy atom. The maximum absolute atomic E-state index is 10.6. The summed E-state index contributed by atoms with van der Waals surface area (Å²) in [6, 6.07) is 1.86. The van der Waals surface area contributed by atoms with E-state index in [1.54, 1.807) is 25.7 Å². The number of aliphatic carboxylic acids is 2. The molecule has 0 bridgehead atoms. The normalized spacial score (nSPS) is 13.6. The van der Waals surface area contributed by atoms with Crippen molar-refractivity contribution in [3.63, 3.8) is 0 Å². The predicted molar refractivity (Wildman–Crippen MR) is 102 cm³/mol. The number of alkyl halides is 6. The molecule has 1 saturated heterocycles. The number of hydrogen-bond donors (Lipinski definition) is 2. The first-order chi connectivity index (χ1) is 15.8. The van der Waals surface area contributed by atoms with Crippen LogP contribution in [-0.2, 0) is 9.59 Å². The minimum atomic E-state index is -5.08. The maximum Gasteiger partial charge on any atom is 0.490 e. The Morgan fingerprint density at radius 1 is 0.853 bits per heavy atom. The van der Waals surface area contributed by atoms with Crippen LogP contribution in [0, 0.1) is 0 Å². The quantitative estimate of drug-likeness (QED) is 0.597. The Bertz CT molecular complexity index is 899. The number of methoxy groups -OCH3 is 1. The number of anilines is 2. The average Bonchev–Trinajstić information content (AvgIpc) is 2.79. The van der Waals surface area contributed by atoms with E-state index in [4.69, 9.17) is 24.5 Å². The lowest BCUT2D eigenvalue weighted by molar-refractivity contribution is -0.193. The molecule has 188 valence electrons. The third kappa shape index (κ3) is 9.70. The first-order valence-electron chi connectivity index (χ1n) is 8.98. The fourth-order valence-corrected chi connectivity index (χ4v) is 2.23. The van der Waals surface area contributed by atoms with Crippen LogP contribution in [0.3, 0.4) is 0 Å². The number of rotatable bonds is 3. The van der Waals surface area contributed by atoms with Gasteiger partial charge < -0.3 is 24.7 Å². The Morgan fingerprint density at radius 3 is 1.71 bits per heavy atom. The molecule has 0 atom stereocenters. The summed E-state index contributed by atoms with van der Waals surface area (Å²) in [5.41, 5.74) is 0. The summed E-state index contributed by atoms with van der Waals surface area (Å²) < 4.78 is 68.6. The number of carboxylic acids is 2. The van der Waals surface area contributed by atoms with Gasteiger partial charge in [0.2, 0.25) is 5.88 Å². The van der Waals surface area contributed by atoms with Gasteiger partial charge in [0.25, 0.3) is 0 Å². The van der Waals surface area contributed by atoms with Crippen molar-refractivity contribution in [2.75, 3.05) is 43.1 Å². The second-order valence-corrected chi connectivity index (χ2v) is 6.06. The molecule has 34 heavy (non-hydrogen) atoms. The van der Waals surface area contributed by atoms with Crippen LogP contribution in [0.15, 0.2) is 31.0 Å². The van der Waals surface area contributed by atoms with Gasteiger partial charge in [0.1, 0.15) is 18.0 Å². The van der Waals surface area contributed by atoms with Crippen LogP contribution in [0.2, 0.25) is 0 Å². The first kappa shape index (κ1) is 28.1. The van der Waals surface area contributed by atoms with E-state index in [1.165, 1.54) is 6.33 Å². The predicted octanol–water partition coefficient (Wildman–Crippen LogP) is 1.87. The van der Waals surface area contributed by atoms with E-state index >= 15 is 0 Å². The van der Waals surface area contributed by atoms with Gasteiger partial charge >= 0.3 is 24.3 Å². The number of ether oxygens (including phenoxy) is 1. The maximum atomic E-state index is 10.6. The molecule has 3 heterocycles. The lowest BCUT2D eigenvalue weighted by atomic mass is 10.3. The van der Waals surface area contributed by atoms with Crippen molar-refractivity contribution >= 4 is 23.6 Å².